The lowest BCUT2D eigenvalue weighted by Crippen LogP contribution is -2.04. The number of rotatable bonds is 4. The van der Waals surface area contributed by atoms with Gasteiger partial charge in [0.1, 0.15) is 0 Å². The summed E-state index contributed by atoms with van der Waals surface area (Å²) in [6.45, 7) is 0.848. The lowest BCUT2D eigenvalue weighted by molar-refractivity contribution is 0.818. The molecule has 25 heavy (non-hydrogen) atoms. The average molecular weight is 330 g/mol. The number of benzene rings is 1. The van der Waals surface area contributed by atoms with E-state index in [1.807, 2.05) is 37.6 Å². The first-order chi connectivity index (χ1) is 12.3. The molecular weight excluding hydrogens is 312 g/mol. The Hall–Kier alpha value is -3.25. The van der Waals surface area contributed by atoms with Crippen LogP contribution in [0.5, 0.6) is 0 Å². The minimum Gasteiger partial charge on any atom is -0.382 e. The molecule has 1 aromatic carbocycles. The van der Waals surface area contributed by atoms with E-state index in [0.29, 0.717) is 11.5 Å². The number of anilines is 1. The summed E-state index contributed by atoms with van der Waals surface area (Å²) >= 11 is 0. The third-order valence-electron chi connectivity index (χ3n) is 4.09. The van der Waals surface area contributed by atoms with Gasteiger partial charge in [-0.05, 0) is 30.3 Å². The molecule has 3 heterocycles. The molecule has 0 unspecified atom stereocenters. The van der Waals surface area contributed by atoms with Crippen LogP contribution in [0.4, 0.5) is 5.82 Å². The Morgan fingerprint density at radius 3 is 2.60 bits per heavy atom. The summed E-state index contributed by atoms with van der Waals surface area (Å²) in [5.41, 5.74) is 11.6. The SMILES string of the molecule is CNCc1ccc(-c2cnc3c(-c4ccccn4)c(N)nn3c2)cc1. The smallest absolute Gasteiger partial charge is 0.166 e. The third-order valence-corrected chi connectivity index (χ3v) is 4.09. The van der Waals surface area contributed by atoms with Crippen molar-refractivity contribution in [1.82, 2.24) is 24.9 Å². The van der Waals surface area contributed by atoms with Crippen molar-refractivity contribution in [3.8, 4) is 22.4 Å². The largest absolute Gasteiger partial charge is 0.382 e. The monoisotopic (exact) mass is 330 g/mol. The predicted octanol–water partition coefficient (Wildman–Crippen LogP) is 2.76. The zero-order valence-corrected chi connectivity index (χ0v) is 13.8. The maximum atomic E-state index is 6.11. The molecule has 6 nitrogen and oxygen atoms in total. The van der Waals surface area contributed by atoms with Crippen LogP contribution in [0, 0.1) is 0 Å². The van der Waals surface area contributed by atoms with Gasteiger partial charge in [0.25, 0.3) is 0 Å². The number of nitrogens with two attached hydrogens (primary N) is 1. The maximum Gasteiger partial charge on any atom is 0.166 e. The topological polar surface area (TPSA) is 81.1 Å². The number of aromatic nitrogens is 4. The Bertz CT molecular complexity index is 1010. The van der Waals surface area contributed by atoms with Crippen LogP contribution in [0.25, 0.3) is 28.0 Å². The Balaban J connectivity index is 1.77. The molecular formula is C19H18N6. The van der Waals surface area contributed by atoms with Crippen molar-refractivity contribution in [1.29, 1.82) is 0 Å². The molecule has 0 atom stereocenters. The minimum absolute atomic E-state index is 0.424. The number of nitrogens with one attached hydrogen (secondary N) is 1. The molecule has 0 spiro atoms. The van der Waals surface area contributed by atoms with Crippen LogP contribution in [0.1, 0.15) is 5.56 Å². The Morgan fingerprint density at radius 1 is 1.04 bits per heavy atom. The second-order valence-corrected chi connectivity index (χ2v) is 5.81. The van der Waals surface area contributed by atoms with E-state index in [9.17, 15) is 0 Å². The molecule has 3 aromatic heterocycles. The van der Waals surface area contributed by atoms with Gasteiger partial charge in [-0.15, -0.1) is 5.10 Å². The highest BCUT2D eigenvalue weighted by atomic mass is 15.3. The van der Waals surface area contributed by atoms with Crippen LogP contribution < -0.4 is 11.1 Å². The summed E-state index contributed by atoms with van der Waals surface area (Å²) in [4.78, 5) is 8.94. The van der Waals surface area contributed by atoms with Crippen molar-refractivity contribution in [2.24, 2.45) is 0 Å². The minimum atomic E-state index is 0.424. The fourth-order valence-electron chi connectivity index (χ4n) is 2.88. The first-order valence-electron chi connectivity index (χ1n) is 8.05. The van der Waals surface area contributed by atoms with Gasteiger partial charge < -0.3 is 11.1 Å². The summed E-state index contributed by atoms with van der Waals surface area (Å²) in [7, 11) is 1.94. The van der Waals surface area contributed by atoms with Crippen LogP contribution >= 0.6 is 0 Å². The van der Waals surface area contributed by atoms with E-state index in [1.54, 1.807) is 10.7 Å². The number of hydrogen-bond acceptors (Lipinski definition) is 5. The van der Waals surface area contributed by atoms with E-state index in [2.05, 4.69) is 44.6 Å². The predicted molar refractivity (Wildman–Crippen MR) is 98.8 cm³/mol. The molecule has 0 aliphatic heterocycles. The van der Waals surface area contributed by atoms with Crippen LogP contribution in [-0.4, -0.2) is 26.6 Å². The number of pyridine rings is 1. The highest BCUT2D eigenvalue weighted by Gasteiger charge is 2.15. The maximum absolute atomic E-state index is 6.11. The molecule has 0 saturated carbocycles. The van der Waals surface area contributed by atoms with E-state index < -0.39 is 0 Å². The number of hydrogen-bond donors (Lipinski definition) is 2. The molecule has 0 bridgehead atoms. The van der Waals surface area contributed by atoms with Crippen molar-refractivity contribution >= 4 is 11.5 Å². The van der Waals surface area contributed by atoms with Gasteiger partial charge in [-0.2, -0.15) is 0 Å². The Labute approximate surface area is 145 Å². The average Bonchev–Trinajstić information content (AvgIpc) is 2.98. The normalized spacial score (nSPS) is 11.1. The molecule has 3 N–H and O–H groups in total. The van der Waals surface area contributed by atoms with Crippen LogP contribution in [-0.2, 0) is 6.54 Å². The molecule has 0 amide bonds. The van der Waals surface area contributed by atoms with Gasteiger partial charge in [0, 0.05) is 30.7 Å². The van der Waals surface area contributed by atoms with Gasteiger partial charge >= 0.3 is 0 Å². The van der Waals surface area contributed by atoms with Crippen molar-refractivity contribution in [2.75, 3.05) is 12.8 Å². The summed E-state index contributed by atoms with van der Waals surface area (Å²) in [5, 5.41) is 7.55. The zero-order valence-electron chi connectivity index (χ0n) is 13.8. The molecule has 4 rings (SSSR count). The summed E-state index contributed by atoms with van der Waals surface area (Å²) in [6, 6.07) is 14.1. The van der Waals surface area contributed by atoms with E-state index in [4.69, 9.17) is 5.73 Å². The summed E-state index contributed by atoms with van der Waals surface area (Å²) in [6.07, 6.45) is 5.52. The molecule has 0 fully saturated rings. The second kappa shape index (κ2) is 6.33. The molecule has 124 valence electrons. The highest BCUT2D eigenvalue weighted by Crippen LogP contribution is 2.28. The lowest BCUT2D eigenvalue weighted by Gasteiger charge is -2.05. The third kappa shape index (κ3) is 2.83. The van der Waals surface area contributed by atoms with Crippen LogP contribution in [0.2, 0.25) is 0 Å². The first-order valence-corrected chi connectivity index (χ1v) is 8.05. The molecule has 0 aliphatic rings. The van der Waals surface area contributed by atoms with Crippen LogP contribution in [0.15, 0.2) is 61.1 Å². The second-order valence-electron chi connectivity index (χ2n) is 5.81. The molecule has 0 aliphatic carbocycles. The van der Waals surface area contributed by atoms with E-state index in [-0.39, 0.29) is 0 Å². The van der Waals surface area contributed by atoms with Crippen molar-refractivity contribution in [3.63, 3.8) is 0 Å². The van der Waals surface area contributed by atoms with Gasteiger partial charge in [0.2, 0.25) is 0 Å². The molecule has 0 saturated heterocycles. The Morgan fingerprint density at radius 2 is 1.88 bits per heavy atom. The summed E-state index contributed by atoms with van der Waals surface area (Å²) in [5.74, 6) is 0.424. The van der Waals surface area contributed by atoms with Gasteiger partial charge in [0.05, 0.1) is 11.3 Å². The zero-order chi connectivity index (χ0) is 17.2. The molecule has 0 radical (unpaired) electrons. The first kappa shape index (κ1) is 15.3. The Kier molecular flexibility index (Phi) is 3.87. The number of fused-ring (bicyclic) bond motifs is 1. The standard InChI is InChI=1S/C19H18N6/c1-21-10-13-5-7-14(8-6-13)15-11-23-19-17(16-4-2-3-9-22-16)18(20)24-25(19)12-15/h2-9,11-12,21H,10H2,1H3,(H2,20,24). The fraction of sp³-hybridized carbons (Fsp3) is 0.105. The van der Waals surface area contributed by atoms with Crippen molar-refractivity contribution in [3.05, 3.63) is 66.6 Å². The van der Waals surface area contributed by atoms with Gasteiger partial charge in [-0.25, -0.2) is 9.50 Å². The van der Waals surface area contributed by atoms with E-state index >= 15 is 0 Å². The van der Waals surface area contributed by atoms with Crippen molar-refractivity contribution < 1.29 is 0 Å². The molecule has 6 heteroatoms. The van der Waals surface area contributed by atoms with Crippen LogP contribution in [0.3, 0.4) is 0 Å². The quantitative estimate of drug-likeness (QED) is 0.601. The molecule has 4 aromatic rings. The van der Waals surface area contributed by atoms with Gasteiger partial charge in [-0.1, -0.05) is 30.3 Å². The van der Waals surface area contributed by atoms with E-state index in [1.165, 1.54) is 5.56 Å². The fourth-order valence-corrected chi connectivity index (χ4v) is 2.88. The number of nitrogen functional groups attached to an aromatic ring is 1. The summed E-state index contributed by atoms with van der Waals surface area (Å²) < 4.78 is 1.72. The highest BCUT2D eigenvalue weighted by molar-refractivity contribution is 5.84. The van der Waals surface area contributed by atoms with E-state index in [0.717, 1.165) is 28.9 Å². The van der Waals surface area contributed by atoms with Gasteiger partial charge in [-0.3, -0.25) is 4.98 Å². The van der Waals surface area contributed by atoms with Crippen molar-refractivity contribution in [2.45, 2.75) is 6.54 Å². The lowest BCUT2D eigenvalue weighted by atomic mass is 10.1. The van der Waals surface area contributed by atoms with Gasteiger partial charge in [0.15, 0.2) is 11.5 Å². The number of nitrogens with zero attached hydrogens (tertiary/aromatic N) is 4.